The molecule has 0 saturated carbocycles. The minimum absolute atomic E-state index is 0.0561. The van der Waals surface area contributed by atoms with E-state index in [1.54, 1.807) is 24.3 Å². The molecule has 2 N–H and O–H groups in total. The molecule has 1 aliphatic rings. The first kappa shape index (κ1) is 14.5. The molecule has 5 nitrogen and oxygen atoms in total. The van der Waals surface area contributed by atoms with Gasteiger partial charge in [-0.1, -0.05) is 28.9 Å². The number of sulfonamides is 1. The summed E-state index contributed by atoms with van der Waals surface area (Å²) in [7, 11) is -3.57. The molecule has 1 heterocycles. The van der Waals surface area contributed by atoms with E-state index in [-0.39, 0.29) is 17.4 Å². The van der Waals surface area contributed by atoms with Crippen LogP contribution in [-0.2, 0) is 14.8 Å². The molecule has 1 saturated heterocycles. The zero-order chi connectivity index (χ0) is 14.2. The summed E-state index contributed by atoms with van der Waals surface area (Å²) in [6.45, 7) is 2.32. The van der Waals surface area contributed by atoms with Crippen LogP contribution in [0.1, 0.15) is 6.92 Å². The lowest BCUT2D eigenvalue weighted by Crippen LogP contribution is -2.32. The van der Waals surface area contributed by atoms with Crippen LogP contribution in [0.15, 0.2) is 33.6 Å². The summed E-state index contributed by atoms with van der Waals surface area (Å²) < 4.78 is 26.9. The van der Waals surface area contributed by atoms with Gasteiger partial charge >= 0.3 is 0 Å². The molecule has 1 fully saturated rings. The highest BCUT2D eigenvalue weighted by Gasteiger charge is 2.39. The average molecular weight is 347 g/mol. The first-order chi connectivity index (χ1) is 8.82. The summed E-state index contributed by atoms with van der Waals surface area (Å²) in [5.74, 6) is -0.916. The largest absolute Gasteiger partial charge is 0.369 e. The van der Waals surface area contributed by atoms with E-state index in [9.17, 15) is 13.2 Å². The standard InChI is InChI=1S/C12H15BrN2O3S/c1-8-6-15(7-11(8)12(14)16)19(17,18)10-4-2-3-9(13)5-10/h2-5,8,11H,6-7H2,1H3,(H2,14,16)/t8-,11-/m1/s1. The first-order valence-corrected chi connectivity index (χ1v) is 8.10. The fourth-order valence-electron chi connectivity index (χ4n) is 2.27. The molecule has 104 valence electrons. The Bertz CT molecular complexity index is 603. The molecule has 1 aromatic carbocycles. The number of hydrogen-bond donors (Lipinski definition) is 1. The molecule has 0 aliphatic carbocycles. The maximum atomic E-state index is 12.5. The highest BCUT2D eigenvalue weighted by molar-refractivity contribution is 9.10. The van der Waals surface area contributed by atoms with E-state index in [2.05, 4.69) is 15.9 Å². The Labute approximate surface area is 121 Å². The number of carbonyl (C=O) groups is 1. The molecule has 0 radical (unpaired) electrons. The van der Waals surface area contributed by atoms with Gasteiger partial charge in [0.1, 0.15) is 0 Å². The molecule has 19 heavy (non-hydrogen) atoms. The Kier molecular flexibility index (Phi) is 3.98. The average Bonchev–Trinajstić information content (AvgIpc) is 2.72. The Morgan fingerprint density at radius 3 is 2.63 bits per heavy atom. The highest BCUT2D eigenvalue weighted by Crippen LogP contribution is 2.29. The molecule has 0 aromatic heterocycles. The van der Waals surface area contributed by atoms with Crippen LogP contribution in [0.25, 0.3) is 0 Å². The third-order valence-electron chi connectivity index (χ3n) is 3.38. The fourth-order valence-corrected chi connectivity index (χ4v) is 4.43. The van der Waals surface area contributed by atoms with Crippen LogP contribution >= 0.6 is 15.9 Å². The second-order valence-electron chi connectivity index (χ2n) is 4.77. The summed E-state index contributed by atoms with van der Waals surface area (Å²) in [4.78, 5) is 11.5. The number of benzene rings is 1. The predicted octanol–water partition coefficient (Wildman–Crippen LogP) is 1.19. The van der Waals surface area contributed by atoms with Crippen LogP contribution in [0.5, 0.6) is 0 Å². The smallest absolute Gasteiger partial charge is 0.243 e. The van der Waals surface area contributed by atoms with E-state index >= 15 is 0 Å². The van der Waals surface area contributed by atoms with Gasteiger partial charge in [-0.3, -0.25) is 4.79 Å². The quantitative estimate of drug-likeness (QED) is 0.892. The van der Waals surface area contributed by atoms with Crippen LogP contribution in [-0.4, -0.2) is 31.7 Å². The third-order valence-corrected chi connectivity index (χ3v) is 5.70. The van der Waals surface area contributed by atoms with Gasteiger partial charge < -0.3 is 5.73 Å². The van der Waals surface area contributed by atoms with Gasteiger partial charge in [-0.25, -0.2) is 8.42 Å². The molecule has 2 atom stereocenters. The van der Waals surface area contributed by atoms with Crippen molar-refractivity contribution in [2.45, 2.75) is 11.8 Å². The van der Waals surface area contributed by atoms with Crippen LogP contribution in [0.3, 0.4) is 0 Å². The highest BCUT2D eigenvalue weighted by atomic mass is 79.9. The van der Waals surface area contributed by atoms with Crippen LogP contribution in [0, 0.1) is 11.8 Å². The summed E-state index contributed by atoms with van der Waals surface area (Å²) in [5, 5.41) is 0. The second-order valence-corrected chi connectivity index (χ2v) is 7.62. The topological polar surface area (TPSA) is 80.5 Å². The minimum Gasteiger partial charge on any atom is -0.369 e. The molecule has 0 spiro atoms. The Balaban J connectivity index is 2.30. The summed E-state index contributed by atoms with van der Waals surface area (Å²) in [5.41, 5.74) is 5.29. The summed E-state index contributed by atoms with van der Waals surface area (Å²) in [6, 6.07) is 6.53. The predicted molar refractivity (Wildman–Crippen MR) is 74.7 cm³/mol. The van der Waals surface area contributed by atoms with Crippen molar-refractivity contribution < 1.29 is 13.2 Å². The van der Waals surface area contributed by atoms with Gasteiger partial charge in [-0.15, -0.1) is 0 Å². The van der Waals surface area contributed by atoms with Crippen LogP contribution < -0.4 is 5.73 Å². The van der Waals surface area contributed by atoms with E-state index in [4.69, 9.17) is 5.73 Å². The molecular formula is C12H15BrN2O3S. The lowest BCUT2D eigenvalue weighted by atomic mass is 9.98. The van der Waals surface area contributed by atoms with Crippen molar-refractivity contribution in [2.75, 3.05) is 13.1 Å². The number of carbonyl (C=O) groups excluding carboxylic acids is 1. The number of nitrogens with zero attached hydrogens (tertiary/aromatic N) is 1. The van der Waals surface area contributed by atoms with Crippen molar-refractivity contribution in [3.8, 4) is 0 Å². The summed E-state index contributed by atoms with van der Waals surface area (Å²) in [6.07, 6.45) is 0. The molecule has 1 amide bonds. The second kappa shape index (κ2) is 5.22. The number of hydrogen-bond acceptors (Lipinski definition) is 3. The van der Waals surface area contributed by atoms with Gasteiger partial charge in [0.2, 0.25) is 15.9 Å². The summed E-state index contributed by atoms with van der Waals surface area (Å²) >= 11 is 3.25. The number of primary amides is 1. The van der Waals surface area contributed by atoms with Crippen molar-refractivity contribution >= 4 is 31.9 Å². The van der Waals surface area contributed by atoms with Gasteiger partial charge in [-0.2, -0.15) is 4.31 Å². The lowest BCUT2D eigenvalue weighted by Gasteiger charge is -2.16. The van der Waals surface area contributed by atoms with Crippen molar-refractivity contribution in [1.82, 2.24) is 4.31 Å². The lowest BCUT2D eigenvalue weighted by molar-refractivity contribution is -0.122. The molecule has 1 aromatic rings. The van der Waals surface area contributed by atoms with Crippen molar-refractivity contribution in [3.05, 3.63) is 28.7 Å². The van der Waals surface area contributed by atoms with E-state index < -0.39 is 21.8 Å². The molecule has 7 heteroatoms. The van der Waals surface area contributed by atoms with Crippen LogP contribution in [0.4, 0.5) is 0 Å². The zero-order valence-corrected chi connectivity index (χ0v) is 12.8. The van der Waals surface area contributed by atoms with Crippen LogP contribution in [0.2, 0.25) is 0 Å². The van der Waals surface area contributed by atoms with Gasteiger partial charge in [0, 0.05) is 17.6 Å². The third kappa shape index (κ3) is 2.82. The molecule has 1 aliphatic heterocycles. The number of halogens is 1. The maximum Gasteiger partial charge on any atom is 0.243 e. The first-order valence-electron chi connectivity index (χ1n) is 5.87. The van der Waals surface area contributed by atoms with Crippen molar-refractivity contribution in [1.29, 1.82) is 0 Å². The SMILES string of the molecule is C[C@@H]1CN(S(=O)(=O)c2cccc(Br)c2)C[C@H]1C(N)=O. The van der Waals surface area contributed by atoms with Crippen molar-refractivity contribution in [3.63, 3.8) is 0 Å². The van der Waals surface area contributed by atoms with Gasteiger partial charge in [0.15, 0.2) is 0 Å². The monoisotopic (exact) mass is 346 g/mol. The number of nitrogens with two attached hydrogens (primary N) is 1. The Morgan fingerprint density at radius 1 is 1.42 bits per heavy atom. The number of rotatable bonds is 3. The molecule has 2 rings (SSSR count). The van der Waals surface area contributed by atoms with E-state index in [0.29, 0.717) is 11.0 Å². The van der Waals surface area contributed by atoms with E-state index in [1.165, 1.54) is 4.31 Å². The normalized spacial score (nSPS) is 24.5. The van der Waals surface area contributed by atoms with E-state index in [1.807, 2.05) is 6.92 Å². The zero-order valence-electron chi connectivity index (χ0n) is 10.4. The molecule has 0 bridgehead atoms. The Morgan fingerprint density at radius 2 is 2.11 bits per heavy atom. The Hall–Kier alpha value is -0.920. The fraction of sp³-hybridized carbons (Fsp3) is 0.417. The van der Waals surface area contributed by atoms with Gasteiger partial charge in [0.05, 0.1) is 10.8 Å². The molecule has 0 unspecified atom stereocenters. The van der Waals surface area contributed by atoms with Gasteiger partial charge in [-0.05, 0) is 24.1 Å². The van der Waals surface area contributed by atoms with Gasteiger partial charge in [0.25, 0.3) is 0 Å². The molecular weight excluding hydrogens is 332 g/mol. The van der Waals surface area contributed by atoms with Crippen molar-refractivity contribution in [2.24, 2.45) is 17.6 Å². The van der Waals surface area contributed by atoms with E-state index in [0.717, 1.165) is 0 Å². The minimum atomic E-state index is -3.57. The number of amides is 1. The maximum absolute atomic E-state index is 12.5.